The Labute approximate surface area is 222 Å². The van der Waals surface area contributed by atoms with Crippen LogP contribution in [0.5, 0.6) is 5.75 Å². The minimum Gasteiger partial charge on any atom is -0.494 e. The second-order valence-electron chi connectivity index (χ2n) is 9.39. The van der Waals surface area contributed by atoms with Gasteiger partial charge in [-0.05, 0) is 95.1 Å². The molecule has 4 aromatic rings. The number of hydrogen-bond donors (Lipinski definition) is 0. The van der Waals surface area contributed by atoms with E-state index in [1.165, 1.54) is 51.7 Å². The molecule has 1 aliphatic heterocycles. The topological polar surface area (TPSA) is 69.0 Å². The standard InChI is InChI=1S/C29H34N4O3S/c1-2-35-28(34)24-11-9-22(10-12-24)26-21-33-29(30-26)37-27(31-33)23-13-15-25(16-14-23)36-20-8-4-7-19-32-17-5-3-6-18-32/h9-16,21H,2-8,17-20H2,1H3. The molecule has 37 heavy (non-hydrogen) atoms. The summed E-state index contributed by atoms with van der Waals surface area (Å²) in [5.41, 5.74) is 3.33. The Balaban J connectivity index is 1.11. The van der Waals surface area contributed by atoms with Gasteiger partial charge in [-0.1, -0.05) is 29.9 Å². The quantitative estimate of drug-likeness (QED) is 0.171. The summed E-state index contributed by atoms with van der Waals surface area (Å²) in [6.45, 7) is 6.71. The fraction of sp³-hybridized carbons (Fsp3) is 0.414. The normalized spacial score (nSPS) is 14.2. The first-order valence-corrected chi connectivity index (χ1v) is 14.1. The van der Waals surface area contributed by atoms with Crippen LogP contribution in [0.3, 0.4) is 0 Å². The Morgan fingerprint density at radius 3 is 2.43 bits per heavy atom. The van der Waals surface area contributed by atoms with Crippen molar-refractivity contribution in [2.45, 2.75) is 45.4 Å². The third-order valence-corrected chi connectivity index (χ3v) is 7.64. The average molecular weight is 519 g/mol. The molecule has 0 bridgehead atoms. The molecule has 0 radical (unpaired) electrons. The number of esters is 1. The van der Waals surface area contributed by atoms with Crippen LogP contribution in [0.1, 0.15) is 55.8 Å². The molecular formula is C29H34N4O3S. The summed E-state index contributed by atoms with van der Waals surface area (Å²) in [4.78, 5) is 20.0. The molecule has 7 nitrogen and oxygen atoms in total. The first-order valence-electron chi connectivity index (χ1n) is 13.3. The Bertz CT molecular complexity index is 1260. The van der Waals surface area contributed by atoms with Crippen molar-refractivity contribution in [3.63, 3.8) is 0 Å². The van der Waals surface area contributed by atoms with Gasteiger partial charge in [-0.2, -0.15) is 5.10 Å². The van der Waals surface area contributed by atoms with Gasteiger partial charge in [0.2, 0.25) is 4.96 Å². The Kier molecular flexibility index (Phi) is 8.48. The molecule has 0 aliphatic carbocycles. The van der Waals surface area contributed by atoms with Crippen molar-refractivity contribution >= 4 is 22.3 Å². The average Bonchev–Trinajstić information content (AvgIpc) is 3.52. The number of rotatable bonds is 11. The fourth-order valence-corrected chi connectivity index (χ4v) is 5.52. The lowest BCUT2D eigenvalue weighted by Crippen LogP contribution is -2.30. The molecule has 0 atom stereocenters. The number of unbranched alkanes of at least 4 members (excludes halogenated alkanes) is 2. The Morgan fingerprint density at radius 2 is 1.70 bits per heavy atom. The highest BCUT2D eigenvalue weighted by Gasteiger charge is 2.13. The zero-order chi connectivity index (χ0) is 25.5. The van der Waals surface area contributed by atoms with E-state index in [1.54, 1.807) is 30.4 Å². The summed E-state index contributed by atoms with van der Waals surface area (Å²) in [6.07, 6.45) is 9.60. The van der Waals surface area contributed by atoms with Crippen LogP contribution >= 0.6 is 11.3 Å². The van der Waals surface area contributed by atoms with Gasteiger partial charge in [0.1, 0.15) is 10.8 Å². The van der Waals surface area contributed by atoms with Crippen molar-refractivity contribution in [3.8, 4) is 27.6 Å². The van der Waals surface area contributed by atoms with E-state index in [-0.39, 0.29) is 5.97 Å². The lowest BCUT2D eigenvalue weighted by Gasteiger charge is -2.26. The number of ether oxygens (including phenoxy) is 2. The predicted octanol–water partition coefficient (Wildman–Crippen LogP) is 6.34. The smallest absolute Gasteiger partial charge is 0.338 e. The van der Waals surface area contributed by atoms with Crippen LogP contribution in [0.15, 0.2) is 54.7 Å². The number of piperidine rings is 1. The van der Waals surface area contributed by atoms with E-state index in [2.05, 4.69) is 17.0 Å². The SMILES string of the molecule is CCOC(=O)c1ccc(-c2cn3nc(-c4ccc(OCCCCCN5CCCCC5)cc4)sc3n2)cc1. The zero-order valence-corrected chi connectivity index (χ0v) is 22.2. The van der Waals surface area contributed by atoms with Crippen molar-refractivity contribution in [3.05, 3.63) is 60.3 Å². The van der Waals surface area contributed by atoms with Crippen molar-refractivity contribution < 1.29 is 14.3 Å². The molecular weight excluding hydrogens is 484 g/mol. The van der Waals surface area contributed by atoms with E-state index >= 15 is 0 Å². The van der Waals surface area contributed by atoms with E-state index in [4.69, 9.17) is 19.6 Å². The fourth-order valence-electron chi connectivity index (χ4n) is 4.63. The molecule has 0 saturated carbocycles. The van der Waals surface area contributed by atoms with Crippen LogP contribution in [-0.2, 0) is 4.74 Å². The lowest BCUT2D eigenvalue weighted by atomic mass is 10.1. The maximum absolute atomic E-state index is 11.9. The molecule has 5 rings (SSSR count). The van der Waals surface area contributed by atoms with Crippen molar-refractivity contribution in [2.24, 2.45) is 0 Å². The number of likely N-dealkylation sites (tertiary alicyclic amines) is 1. The molecule has 2 aromatic heterocycles. The largest absolute Gasteiger partial charge is 0.494 e. The van der Waals surface area contributed by atoms with Crippen LogP contribution in [0.2, 0.25) is 0 Å². The minimum atomic E-state index is -0.314. The molecule has 1 fully saturated rings. The van der Waals surface area contributed by atoms with Gasteiger partial charge in [0, 0.05) is 11.1 Å². The molecule has 0 amide bonds. The highest BCUT2D eigenvalue weighted by Crippen LogP contribution is 2.29. The summed E-state index contributed by atoms with van der Waals surface area (Å²) >= 11 is 1.55. The molecule has 0 spiro atoms. The maximum atomic E-state index is 11.9. The third kappa shape index (κ3) is 6.56. The van der Waals surface area contributed by atoms with Crippen LogP contribution < -0.4 is 4.74 Å². The number of carbonyl (C=O) groups excluding carboxylic acids is 1. The van der Waals surface area contributed by atoms with Crippen LogP contribution in [-0.4, -0.2) is 58.3 Å². The van der Waals surface area contributed by atoms with Gasteiger partial charge in [0.25, 0.3) is 0 Å². The summed E-state index contributed by atoms with van der Waals surface area (Å²) < 4.78 is 12.8. The van der Waals surface area contributed by atoms with E-state index in [1.807, 2.05) is 35.0 Å². The molecule has 3 heterocycles. The molecule has 194 valence electrons. The number of hydrogen-bond acceptors (Lipinski definition) is 7. The van der Waals surface area contributed by atoms with Gasteiger partial charge >= 0.3 is 5.97 Å². The van der Waals surface area contributed by atoms with Gasteiger partial charge in [0.15, 0.2) is 0 Å². The maximum Gasteiger partial charge on any atom is 0.338 e. The lowest BCUT2D eigenvalue weighted by molar-refractivity contribution is 0.0526. The number of imidazole rings is 1. The predicted molar refractivity (Wildman–Crippen MR) is 147 cm³/mol. The first-order chi connectivity index (χ1) is 18.2. The van der Waals surface area contributed by atoms with Crippen LogP contribution in [0, 0.1) is 0 Å². The summed E-state index contributed by atoms with van der Waals surface area (Å²) in [5, 5.41) is 5.63. The number of benzene rings is 2. The van der Waals surface area contributed by atoms with E-state index < -0.39 is 0 Å². The van der Waals surface area contributed by atoms with E-state index in [0.29, 0.717) is 12.2 Å². The van der Waals surface area contributed by atoms with Gasteiger partial charge in [-0.25, -0.2) is 14.3 Å². The van der Waals surface area contributed by atoms with E-state index in [9.17, 15) is 4.79 Å². The molecule has 2 aromatic carbocycles. The number of fused-ring (bicyclic) bond motifs is 1. The van der Waals surface area contributed by atoms with Crippen LogP contribution in [0.4, 0.5) is 0 Å². The highest BCUT2D eigenvalue weighted by atomic mass is 32.1. The molecule has 1 saturated heterocycles. The summed E-state index contributed by atoms with van der Waals surface area (Å²) in [7, 11) is 0. The summed E-state index contributed by atoms with van der Waals surface area (Å²) in [5.74, 6) is 0.584. The molecule has 1 aliphatic rings. The number of carbonyl (C=O) groups is 1. The number of aromatic nitrogens is 3. The first kappa shape index (κ1) is 25.4. The van der Waals surface area contributed by atoms with Crippen molar-refractivity contribution in [1.82, 2.24) is 19.5 Å². The van der Waals surface area contributed by atoms with Crippen molar-refractivity contribution in [1.29, 1.82) is 0 Å². The molecule has 0 unspecified atom stereocenters. The number of nitrogens with zero attached hydrogens (tertiary/aromatic N) is 4. The van der Waals surface area contributed by atoms with Gasteiger partial charge in [-0.3, -0.25) is 0 Å². The second kappa shape index (κ2) is 12.3. The summed E-state index contributed by atoms with van der Waals surface area (Å²) in [6, 6.07) is 15.4. The highest BCUT2D eigenvalue weighted by molar-refractivity contribution is 7.19. The Hall–Kier alpha value is -3.23. The van der Waals surface area contributed by atoms with E-state index in [0.717, 1.165) is 45.6 Å². The van der Waals surface area contributed by atoms with Gasteiger partial charge < -0.3 is 14.4 Å². The Morgan fingerprint density at radius 1 is 0.946 bits per heavy atom. The van der Waals surface area contributed by atoms with Crippen LogP contribution in [0.25, 0.3) is 26.8 Å². The second-order valence-corrected chi connectivity index (χ2v) is 10.4. The molecule has 0 N–H and O–H groups in total. The van der Waals surface area contributed by atoms with Gasteiger partial charge in [-0.15, -0.1) is 0 Å². The molecule has 8 heteroatoms. The zero-order valence-electron chi connectivity index (χ0n) is 21.4. The third-order valence-electron chi connectivity index (χ3n) is 6.67. The minimum absolute atomic E-state index is 0.314. The monoisotopic (exact) mass is 518 g/mol. The van der Waals surface area contributed by atoms with Gasteiger partial charge in [0.05, 0.1) is 30.7 Å². The van der Waals surface area contributed by atoms with Crippen molar-refractivity contribution in [2.75, 3.05) is 32.8 Å².